The van der Waals surface area contributed by atoms with E-state index in [0.29, 0.717) is 19.8 Å². The van der Waals surface area contributed by atoms with Crippen LogP contribution < -0.4 is 9.47 Å². The van der Waals surface area contributed by atoms with Gasteiger partial charge in [-0.1, -0.05) is 43.1 Å². The molecule has 2 aliphatic rings. The topological polar surface area (TPSA) is 59.0 Å². The second-order valence-electron chi connectivity index (χ2n) is 8.68. The lowest BCUT2D eigenvalue weighted by Gasteiger charge is -2.38. The van der Waals surface area contributed by atoms with Crippen molar-refractivity contribution in [2.75, 3.05) is 26.2 Å². The molecule has 0 amide bonds. The number of benzene rings is 2. The molecule has 174 valence electrons. The van der Waals surface area contributed by atoms with Gasteiger partial charge in [0.2, 0.25) is 0 Å². The third-order valence-corrected chi connectivity index (χ3v) is 6.90. The first-order chi connectivity index (χ1) is 15.0. The molecule has 0 aromatic heterocycles. The molecule has 0 unspecified atom stereocenters. The molecule has 0 saturated carbocycles. The van der Waals surface area contributed by atoms with E-state index in [1.807, 2.05) is 18.2 Å². The quantitative estimate of drug-likeness (QED) is 0.541. The van der Waals surface area contributed by atoms with Crippen molar-refractivity contribution >= 4 is 30.0 Å². The van der Waals surface area contributed by atoms with Gasteiger partial charge in [-0.2, -0.15) is 0 Å². The van der Waals surface area contributed by atoms with Crippen molar-refractivity contribution in [1.29, 1.82) is 0 Å². The minimum atomic E-state index is -0.735. The first kappa shape index (κ1) is 24.7. The van der Waals surface area contributed by atoms with Crippen LogP contribution in [0.2, 0.25) is 5.02 Å². The third-order valence-electron chi connectivity index (χ3n) is 6.53. The molecule has 7 heteroatoms. The minimum absolute atomic E-state index is 0. The summed E-state index contributed by atoms with van der Waals surface area (Å²) < 4.78 is 12.1. The molecular formula is C25H31Cl2NO4. The number of halogens is 2. The molecule has 5 nitrogen and oxygen atoms in total. The van der Waals surface area contributed by atoms with E-state index in [0.717, 1.165) is 60.9 Å². The first-order valence-electron chi connectivity index (χ1n) is 11.1. The highest BCUT2D eigenvalue weighted by Crippen LogP contribution is 2.46. The number of ether oxygens (including phenoxy) is 2. The Hall–Kier alpha value is -1.95. The van der Waals surface area contributed by atoms with Gasteiger partial charge < -0.3 is 19.5 Å². The average molecular weight is 480 g/mol. The van der Waals surface area contributed by atoms with Crippen LogP contribution in [0.1, 0.15) is 49.3 Å². The van der Waals surface area contributed by atoms with Crippen molar-refractivity contribution in [3.05, 3.63) is 58.1 Å². The molecule has 2 aliphatic heterocycles. The van der Waals surface area contributed by atoms with Crippen LogP contribution in [0.4, 0.5) is 0 Å². The van der Waals surface area contributed by atoms with Crippen LogP contribution in [0.5, 0.6) is 11.5 Å². The zero-order chi connectivity index (χ0) is 21.8. The van der Waals surface area contributed by atoms with E-state index in [2.05, 4.69) is 30.0 Å². The Kier molecular flexibility index (Phi) is 8.32. The van der Waals surface area contributed by atoms with Gasteiger partial charge in [-0.15, -0.1) is 12.4 Å². The first-order valence-corrected chi connectivity index (χ1v) is 11.5. The summed E-state index contributed by atoms with van der Waals surface area (Å²) in [5.74, 6) is 0.953. The maximum Gasteiger partial charge on any atom is 0.304 e. The number of piperidine rings is 1. The largest absolute Gasteiger partial charge is 0.492 e. The van der Waals surface area contributed by atoms with Gasteiger partial charge in [0.25, 0.3) is 0 Å². The number of likely N-dealkylation sites (tertiary alicyclic amines) is 1. The van der Waals surface area contributed by atoms with Crippen LogP contribution in [-0.2, 0) is 23.2 Å². The van der Waals surface area contributed by atoms with Gasteiger partial charge in [-0.3, -0.25) is 4.79 Å². The summed E-state index contributed by atoms with van der Waals surface area (Å²) >= 11 is 6.36. The molecular weight excluding hydrogens is 449 g/mol. The number of hydrogen-bond acceptors (Lipinski definition) is 4. The molecule has 1 fully saturated rings. The Morgan fingerprint density at radius 1 is 1.22 bits per heavy atom. The van der Waals surface area contributed by atoms with Crippen molar-refractivity contribution in [3.8, 4) is 11.5 Å². The van der Waals surface area contributed by atoms with Crippen LogP contribution in [0, 0.1) is 0 Å². The van der Waals surface area contributed by atoms with Crippen LogP contribution in [0.25, 0.3) is 0 Å². The number of carboxylic acids is 1. The summed E-state index contributed by atoms with van der Waals surface area (Å²) in [6, 6.07) is 12.3. The van der Waals surface area contributed by atoms with Crippen LogP contribution in [-0.4, -0.2) is 42.2 Å². The molecule has 32 heavy (non-hydrogen) atoms. The third kappa shape index (κ3) is 5.51. The lowest BCUT2D eigenvalue weighted by Crippen LogP contribution is -2.44. The lowest BCUT2D eigenvalue weighted by molar-refractivity contribution is -0.137. The van der Waals surface area contributed by atoms with Crippen molar-refractivity contribution in [3.63, 3.8) is 0 Å². The molecule has 2 aromatic carbocycles. The van der Waals surface area contributed by atoms with E-state index < -0.39 is 5.97 Å². The number of fused-ring (bicyclic) bond motifs is 2. The normalized spacial score (nSPS) is 16.8. The summed E-state index contributed by atoms with van der Waals surface area (Å²) in [4.78, 5) is 13.1. The van der Waals surface area contributed by atoms with Crippen LogP contribution in [0.3, 0.4) is 0 Å². The predicted molar refractivity (Wildman–Crippen MR) is 129 cm³/mol. The number of nitrogens with zero attached hydrogens (tertiary/aromatic N) is 1. The van der Waals surface area contributed by atoms with Crippen molar-refractivity contribution < 1.29 is 19.4 Å². The van der Waals surface area contributed by atoms with E-state index >= 15 is 0 Å². The fraction of sp³-hybridized carbons (Fsp3) is 0.480. The highest BCUT2D eigenvalue weighted by atomic mass is 35.5. The van der Waals surface area contributed by atoms with Gasteiger partial charge >= 0.3 is 5.97 Å². The SMILES string of the molecule is CCCc1ccc(Cl)c(COc2ccc3c(c2)OCC32CCN(CCC(=O)O)CC2)c1.Cl. The van der Waals surface area contributed by atoms with E-state index in [1.165, 1.54) is 11.1 Å². The summed E-state index contributed by atoms with van der Waals surface area (Å²) in [5.41, 5.74) is 3.56. The van der Waals surface area contributed by atoms with Gasteiger partial charge in [0.05, 0.1) is 13.0 Å². The zero-order valence-electron chi connectivity index (χ0n) is 18.4. The van der Waals surface area contributed by atoms with Crippen LogP contribution in [0.15, 0.2) is 36.4 Å². The van der Waals surface area contributed by atoms with E-state index in [9.17, 15) is 4.79 Å². The van der Waals surface area contributed by atoms with E-state index in [1.54, 1.807) is 0 Å². The Balaban J connectivity index is 0.00000289. The molecule has 4 rings (SSSR count). The minimum Gasteiger partial charge on any atom is -0.492 e. The lowest BCUT2D eigenvalue weighted by atomic mass is 9.74. The Bertz CT molecular complexity index is 942. The van der Waals surface area contributed by atoms with Crippen molar-refractivity contribution in [2.24, 2.45) is 0 Å². The second kappa shape index (κ2) is 10.8. The number of carboxylic acid groups (broad SMARTS) is 1. The van der Waals surface area contributed by atoms with Crippen molar-refractivity contribution in [2.45, 2.75) is 51.0 Å². The maximum atomic E-state index is 10.8. The van der Waals surface area contributed by atoms with Gasteiger partial charge in [0.15, 0.2) is 0 Å². The van der Waals surface area contributed by atoms with Gasteiger partial charge in [-0.25, -0.2) is 0 Å². The summed E-state index contributed by atoms with van der Waals surface area (Å²) in [7, 11) is 0. The predicted octanol–water partition coefficient (Wildman–Crippen LogP) is 5.49. The molecule has 2 aromatic rings. The fourth-order valence-corrected chi connectivity index (χ4v) is 4.83. The van der Waals surface area contributed by atoms with Gasteiger partial charge in [-0.05, 0) is 50.0 Å². The number of aryl methyl sites for hydroxylation is 1. The number of hydrogen-bond donors (Lipinski definition) is 1. The Labute approximate surface area is 201 Å². The second-order valence-corrected chi connectivity index (χ2v) is 9.08. The Morgan fingerprint density at radius 2 is 2.00 bits per heavy atom. The number of rotatable bonds is 8. The number of aliphatic carboxylic acids is 1. The Morgan fingerprint density at radius 3 is 2.72 bits per heavy atom. The molecule has 2 heterocycles. The summed E-state index contributed by atoms with van der Waals surface area (Å²) in [6.07, 6.45) is 4.31. The highest BCUT2D eigenvalue weighted by molar-refractivity contribution is 6.31. The van der Waals surface area contributed by atoms with Crippen LogP contribution >= 0.6 is 24.0 Å². The monoisotopic (exact) mass is 479 g/mol. The number of carbonyl (C=O) groups is 1. The molecule has 1 N–H and O–H groups in total. The molecule has 0 radical (unpaired) electrons. The average Bonchev–Trinajstić information content (AvgIpc) is 3.11. The standard InChI is InChI=1S/C25H30ClNO4.ClH/c1-2-3-18-4-7-22(26)19(14-18)16-30-20-5-6-21-23(15-20)31-17-25(21)9-12-27(13-10-25)11-8-24(28)29;/h4-7,14-15H,2-3,8-13,16-17H2,1H3,(H,28,29);1H. The fourth-order valence-electron chi connectivity index (χ4n) is 4.66. The molecule has 1 saturated heterocycles. The van der Waals surface area contributed by atoms with E-state index in [4.69, 9.17) is 26.2 Å². The smallest absolute Gasteiger partial charge is 0.304 e. The van der Waals surface area contributed by atoms with Gasteiger partial charge in [0.1, 0.15) is 18.1 Å². The molecule has 0 bridgehead atoms. The maximum absolute atomic E-state index is 10.8. The van der Waals surface area contributed by atoms with Gasteiger partial charge in [0, 0.05) is 34.2 Å². The molecule has 0 aliphatic carbocycles. The summed E-state index contributed by atoms with van der Waals surface area (Å²) in [5, 5.41) is 9.64. The zero-order valence-corrected chi connectivity index (χ0v) is 20.0. The van der Waals surface area contributed by atoms with E-state index in [-0.39, 0.29) is 24.2 Å². The highest BCUT2D eigenvalue weighted by Gasteiger charge is 2.43. The van der Waals surface area contributed by atoms with Crippen molar-refractivity contribution in [1.82, 2.24) is 4.90 Å². The molecule has 0 atom stereocenters. The molecule has 1 spiro atoms. The summed E-state index contributed by atoms with van der Waals surface area (Å²) in [6.45, 7) is 5.71.